The fourth-order valence-electron chi connectivity index (χ4n) is 2.04. The molecule has 0 atom stereocenters. The second-order valence-electron chi connectivity index (χ2n) is 4.64. The summed E-state index contributed by atoms with van der Waals surface area (Å²) < 4.78 is 19.0. The zero-order valence-corrected chi connectivity index (χ0v) is 12.7. The van der Waals surface area contributed by atoms with Crippen molar-refractivity contribution in [3.8, 4) is 5.75 Å². The molecule has 0 N–H and O–H groups in total. The van der Waals surface area contributed by atoms with E-state index in [0.717, 1.165) is 5.56 Å². The van der Waals surface area contributed by atoms with Crippen molar-refractivity contribution in [1.29, 1.82) is 0 Å². The van der Waals surface area contributed by atoms with Gasteiger partial charge in [-0.3, -0.25) is 4.79 Å². The van der Waals surface area contributed by atoms with Gasteiger partial charge in [0.2, 0.25) is 0 Å². The maximum absolute atomic E-state index is 13.8. The van der Waals surface area contributed by atoms with Crippen molar-refractivity contribution in [2.45, 2.75) is 11.4 Å². The first-order valence-electron chi connectivity index (χ1n) is 6.39. The molecule has 2 rings (SSSR count). The maximum Gasteiger partial charge on any atom is 0.256 e. The Morgan fingerprint density at radius 2 is 2.00 bits per heavy atom. The third-order valence-electron chi connectivity index (χ3n) is 3.13. The first kappa shape index (κ1) is 15.4. The highest BCUT2D eigenvalue weighted by Crippen LogP contribution is 2.21. The molecule has 2 aromatic rings. The normalized spacial score (nSPS) is 10.3. The van der Waals surface area contributed by atoms with Crippen molar-refractivity contribution in [3.05, 3.63) is 59.4 Å². The van der Waals surface area contributed by atoms with Crippen molar-refractivity contribution >= 4 is 18.5 Å². The molecule has 0 bridgehead atoms. The van der Waals surface area contributed by atoms with Crippen LogP contribution in [-0.2, 0) is 6.54 Å². The number of methoxy groups -OCH3 is 1. The van der Waals surface area contributed by atoms with E-state index in [1.165, 1.54) is 23.1 Å². The molecule has 0 radical (unpaired) electrons. The van der Waals surface area contributed by atoms with Gasteiger partial charge >= 0.3 is 0 Å². The van der Waals surface area contributed by atoms with Crippen LogP contribution in [0.2, 0.25) is 0 Å². The molecule has 0 unspecified atom stereocenters. The van der Waals surface area contributed by atoms with Crippen molar-refractivity contribution in [1.82, 2.24) is 4.90 Å². The van der Waals surface area contributed by atoms with E-state index in [-0.39, 0.29) is 5.56 Å². The van der Waals surface area contributed by atoms with Crippen molar-refractivity contribution in [2.24, 2.45) is 0 Å². The van der Waals surface area contributed by atoms with Gasteiger partial charge in [0.05, 0.1) is 12.7 Å². The molecular formula is C16H16FNO2S. The quantitative estimate of drug-likeness (QED) is 0.877. The number of benzene rings is 2. The number of ether oxygens (including phenoxy) is 1. The van der Waals surface area contributed by atoms with E-state index in [9.17, 15) is 9.18 Å². The molecular weight excluding hydrogens is 289 g/mol. The highest BCUT2D eigenvalue weighted by atomic mass is 32.1. The maximum atomic E-state index is 13.8. The van der Waals surface area contributed by atoms with E-state index in [4.69, 9.17) is 4.74 Å². The van der Waals surface area contributed by atoms with E-state index in [1.54, 1.807) is 14.2 Å². The number of carbonyl (C=O) groups excluding carboxylic acids is 1. The van der Waals surface area contributed by atoms with Crippen LogP contribution in [-0.4, -0.2) is 25.0 Å². The first-order chi connectivity index (χ1) is 10.0. The summed E-state index contributed by atoms with van der Waals surface area (Å²) in [6.07, 6.45) is 0. The first-order valence-corrected chi connectivity index (χ1v) is 6.83. The van der Waals surface area contributed by atoms with Gasteiger partial charge < -0.3 is 9.64 Å². The lowest BCUT2D eigenvalue weighted by molar-refractivity contribution is 0.0779. The molecule has 2 aromatic carbocycles. The molecule has 1 amide bonds. The highest BCUT2D eigenvalue weighted by molar-refractivity contribution is 7.80. The van der Waals surface area contributed by atoms with Gasteiger partial charge in [-0.05, 0) is 24.3 Å². The predicted octanol–water partition coefficient (Wildman–Crippen LogP) is 3.40. The molecule has 0 aliphatic carbocycles. The van der Waals surface area contributed by atoms with Crippen LogP contribution in [0, 0.1) is 5.82 Å². The van der Waals surface area contributed by atoms with Gasteiger partial charge in [0, 0.05) is 24.1 Å². The third kappa shape index (κ3) is 3.55. The Morgan fingerprint density at radius 3 is 2.71 bits per heavy atom. The molecule has 0 aliphatic rings. The van der Waals surface area contributed by atoms with Crippen molar-refractivity contribution in [2.75, 3.05) is 14.2 Å². The van der Waals surface area contributed by atoms with Crippen LogP contribution in [0.15, 0.2) is 47.4 Å². The number of amides is 1. The van der Waals surface area contributed by atoms with Gasteiger partial charge in [-0.1, -0.05) is 18.2 Å². The molecule has 0 aliphatic heterocycles. The Hall–Kier alpha value is -2.01. The Balaban J connectivity index is 2.22. The third-order valence-corrected chi connectivity index (χ3v) is 3.41. The van der Waals surface area contributed by atoms with E-state index in [1.807, 2.05) is 24.3 Å². The summed E-state index contributed by atoms with van der Waals surface area (Å²) in [7, 11) is 3.20. The monoisotopic (exact) mass is 305 g/mol. The van der Waals surface area contributed by atoms with E-state index >= 15 is 0 Å². The standard InChI is InChI=1S/C16H16FNO2S/c1-18(10-11-5-3-4-6-15(11)20-2)16(19)13-9-12(21)7-8-14(13)17/h3-9,21H,10H2,1-2H3. The van der Waals surface area contributed by atoms with Crippen LogP contribution in [0.3, 0.4) is 0 Å². The van der Waals surface area contributed by atoms with Crippen LogP contribution in [0.1, 0.15) is 15.9 Å². The summed E-state index contributed by atoms with van der Waals surface area (Å²) in [6, 6.07) is 11.6. The summed E-state index contributed by atoms with van der Waals surface area (Å²) in [5.41, 5.74) is 0.873. The second-order valence-corrected chi connectivity index (χ2v) is 5.15. The number of hydrogen-bond donors (Lipinski definition) is 1. The number of rotatable bonds is 4. The summed E-state index contributed by atoms with van der Waals surface area (Å²) in [6.45, 7) is 0.332. The van der Waals surface area contributed by atoms with Gasteiger partial charge in [0.25, 0.3) is 5.91 Å². The molecule has 0 heterocycles. The largest absolute Gasteiger partial charge is 0.496 e. The van der Waals surface area contributed by atoms with Crippen LogP contribution < -0.4 is 4.74 Å². The van der Waals surface area contributed by atoms with E-state index in [0.29, 0.717) is 17.2 Å². The zero-order chi connectivity index (χ0) is 15.4. The Morgan fingerprint density at radius 1 is 1.29 bits per heavy atom. The van der Waals surface area contributed by atoms with E-state index < -0.39 is 11.7 Å². The number of halogens is 1. The molecule has 0 fully saturated rings. The summed E-state index contributed by atoms with van der Waals surface area (Å²) in [4.78, 5) is 14.3. The minimum Gasteiger partial charge on any atom is -0.496 e. The number of nitrogens with zero attached hydrogens (tertiary/aromatic N) is 1. The minimum atomic E-state index is -0.551. The topological polar surface area (TPSA) is 29.5 Å². The summed E-state index contributed by atoms with van der Waals surface area (Å²) >= 11 is 4.14. The fraction of sp³-hybridized carbons (Fsp3) is 0.188. The van der Waals surface area contributed by atoms with Gasteiger partial charge in [-0.2, -0.15) is 0 Å². The van der Waals surface area contributed by atoms with Gasteiger partial charge in [-0.25, -0.2) is 4.39 Å². The molecule has 110 valence electrons. The molecule has 0 aromatic heterocycles. The fourth-order valence-corrected chi connectivity index (χ4v) is 2.25. The van der Waals surface area contributed by atoms with Crippen LogP contribution in [0.25, 0.3) is 0 Å². The lowest BCUT2D eigenvalue weighted by atomic mass is 10.1. The van der Waals surface area contributed by atoms with Gasteiger partial charge in [-0.15, -0.1) is 12.6 Å². The van der Waals surface area contributed by atoms with Gasteiger partial charge in [0.1, 0.15) is 11.6 Å². The Bertz CT molecular complexity index is 660. The molecule has 21 heavy (non-hydrogen) atoms. The molecule has 0 spiro atoms. The van der Waals surface area contributed by atoms with Crippen molar-refractivity contribution < 1.29 is 13.9 Å². The lowest BCUT2D eigenvalue weighted by Gasteiger charge is -2.19. The highest BCUT2D eigenvalue weighted by Gasteiger charge is 2.17. The SMILES string of the molecule is COc1ccccc1CN(C)C(=O)c1cc(S)ccc1F. The lowest BCUT2D eigenvalue weighted by Crippen LogP contribution is -2.27. The van der Waals surface area contributed by atoms with Crippen LogP contribution in [0.5, 0.6) is 5.75 Å². The number of hydrogen-bond acceptors (Lipinski definition) is 3. The number of para-hydroxylation sites is 1. The number of thiol groups is 1. The molecule has 0 saturated heterocycles. The average molecular weight is 305 g/mol. The van der Waals surface area contributed by atoms with Crippen LogP contribution >= 0.6 is 12.6 Å². The minimum absolute atomic E-state index is 0.0138. The van der Waals surface area contributed by atoms with Crippen molar-refractivity contribution in [3.63, 3.8) is 0 Å². The Kier molecular flexibility index (Phi) is 4.85. The predicted molar refractivity (Wildman–Crippen MR) is 82.4 cm³/mol. The second kappa shape index (κ2) is 6.63. The molecule has 3 nitrogen and oxygen atoms in total. The summed E-state index contributed by atoms with van der Waals surface area (Å²) in [5, 5.41) is 0. The average Bonchev–Trinajstić information content (AvgIpc) is 2.49. The zero-order valence-electron chi connectivity index (χ0n) is 11.8. The molecule has 0 saturated carbocycles. The van der Waals surface area contributed by atoms with Gasteiger partial charge in [0.15, 0.2) is 0 Å². The molecule has 5 heteroatoms. The Labute approximate surface area is 128 Å². The van der Waals surface area contributed by atoms with E-state index in [2.05, 4.69) is 12.6 Å². The van der Waals surface area contributed by atoms with Crippen LogP contribution in [0.4, 0.5) is 4.39 Å². The summed E-state index contributed by atoms with van der Waals surface area (Å²) in [5.74, 6) is -0.250. The number of carbonyl (C=O) groups is 1. The smallest absolute Gasteiger partial charge is 0.256 e.